The van der Waals surface area contributed by atoms with Gasteiger partial charge in [-0.15, -0.1) is 5.10 Å². The maximum atomic E-state index is 11.8. The highest BCUT2D eigenvalue weighted by Gasteiger charge is 2.42. The monoisotopic (exact) mass is 256 g/mol. The van der Waals surface area contributed by atoms with Gasteiger partial charge < -0.3 is 10.0 Å². The van der Waals surface area contributed by atoms with Gasteiger partial charge in [-0.3, -0.25) is 10.1 Å². The highest BCUT2D eigenvalue weighted by molar-refractivity contribution is 7.10. The third-order valence-corrected chi connectivity index (χ3v) is 3.45. The first kappa shape index (κ1) is 11.8. The van der Waals surface area contributed by atoms with E-state index < -0.39 is 11.4 Å². The van der Waals surface area contributed by atoms with E-state index in [-0.39, 0.29) is 12.6 Å². The summed E-state index contributed by atoms with van der Waals surface area (Å²) in [6.45, 7) is 2.32. The minimum Gasteiger partial charge on any atom is -0.481 e. The van der Waals surface area contributed by atoms with Crippen LogP contribution in [0.15, 0.2) is 6.20 Å². The van der Waals surface area contributed by atoms with Crippen LogP contribution in [0.5, 0.6) is 0 Å². The number of likely N-dealkylation sites (tertiary alicyclic amines) is 1. The third-order valence-electron chi connectivity index (χ3n) is 2.87. The lowest BCUT2D eigenvalue weighted by Crippen LogP contribution is -2.37. The van der Waals surface area contributed by atoms with Crippen molar-refractivity contribution < 1.29 is 14.7 Å². The molecule has 7 nitrogen and oxygen atoms in total. The number of aromatic nitrogens is 2. The Bertz CT molecular complexity index is 435. The quantitative estimate of drug-likeness (QED) is 0.818. The Morgan fingerprint density at radius 2 is 2.41 bits per heavy atom. The number of carbonyl (C=O) groups excluding carboxylic acids is 1. The topological polar surface area (TPSA) is 95.4 Å². The second-order valence-electron chi connectivity index (χ2n) is 4.25. The number of urea groups is 1. The Kier molecular flexibility index (Phi) is 2.97. The van der Waals surface area contributed by atoms with Crippen LogP contribution in [0.3, 0.4) is 0 Å². The van der Waals surface area contributed by atoms with E-state index in [9.17, 15) is 9.59 Å². The fourth-order valence-corrected chi connectivity index (χ4v) is 2.13. The molecule has 0 aliphatic carbocycles. The average molecular weight is 256 g/mol. The van der Waals surface area contributed by atoms with Crippen LogP contribution in [0.1, 0.15) is 13.3 Å². The van der Waals surface area contributed by atoms with Crippen molar-refractivity contribution >= 4 is 28.5 Å². The number of amides is 2. The molecule has 1 aliphatic rings. The SMILES string of the molecule is CC1(C(=O)O)CCN(C(=O)Nc2cnns2)C1. The van der Waals surface area contributed by atoms with Crippen molar-refractivity contribution in [3.8, 4) is 0 Å². The predicted octanol–water partition coefficient (Wildman–Crippen LogP) is 0.867. The first-order valence-corrected chi connectivity index (χ1v) is 5.85. The maximum Gasteiger partial charge on any atom is 0.322 e. The number of nitrogens with one attached hydrogen (secondary N) is 1. The van der Waals surface area contributed by atoms with E-state index in [4.69, 9.17) is 5.11 Å². The zero-order valence-corrected chi connectivity index (χ0v) is 10.0. The molecule has 1 aromatic rings. The number of hydrogen-bond acceptors (Lipinski definition) is 5. The van der Waals surface area contributed by atoms with Crippen LogP contribution in [-0.4, -0.2) is 44.7 Å². The van der Waals surface area contributed by atoms with E-state index in [1.807, 2.05) is 0 Å². The fraction of sp³-hybridized carbons (Fsp3) is 0.556. The lowest BCUT2D eigenvalue weighted by molar-refractivity contribution is -0.146. The van der Waals surface area contributed by atoms with E-state index in [1.165, 1.54) is 11.1 Å². The predicted molar refractivity (Wildman–Crippen MR) is 60.9 cm³/mol. The minimum atomic E-state index is -0.868. The van der Waals surface area contributed by atoms with Crippen LogP contribution < -0.4 is 5.32 Å². The molecule has 0 spiro atoms. The average Bonchev–Trinajstić information content (AvgIpc) is 2.88. The standard InChI is InChI=1S/C9H12N4O3S/c1-9(7(14)15)2-3-13(5-9)8(16)11-6-4-10-12-17-6/h4H,2-3,5H2,1H3,(H,11,16)(H,14,15). The summed E-state index contributed by atoms with van der Waals surface area (Å²) in [7, 11) is 0. The van der Waals surface area contributed by atoms with Gasteiger partial charge in [0.15, 0.2) is 0 Å². The van der Waals surface area contributed by atoms with Gasteiger partial charge in [-0.25, -0.2) is 4.79 Å². The number of nitrogens with zero attached hydrogens (tertiary/aromatic N) is 3. The molecule has 0 radical (unpaired) electrons. The van der Waals surface area contributed by atoms with Gasteiger partial charge in [0.1, 0.15) is 5.00 Å². The van der Waals surface area contributed by atoms with Gasteiger partial charge in [0.05, 0.1) is 11.6 Å². The molecule has 2 rings (SSSR count). The van der Waals surface area contributed by atoms with Gasteiger partial charge in [0.2, 0.25) is 0 Å². The van der Waals surface area contributed by atoms with E-state index in [1.54, 1.807) is 6.92 Å². The van der Waals surface area contributed by atoms with Gasteiger partial charge in [-0.05, 0) is 13.3 Å². The molecule has 1 aromatic heterocycles. The van der Waals surface area contributed by atoms with E-state index in [0.29, 0.717) is 18.0 Å². The third kappa shape index (κ3) is 2.36. The number of carboxylic acid groups (broad SMARTS) is 1. The molecule has 0 saturated carbocycles. The van der Waals surface area contributed by atoms with E-state index in [0.717, 1.165) is 11.5 Å². The largest absolute Gasteiger partial charge is 0.481 e. The van der Waals surface area contributed by atoms with Gasteiger partial charge in [0, 0.05) is 24.6 Å². The van der Waals surface area contributed by atoms with Gasteiger partial charge in [-0.2, -0.15) is 0 Å². The Morgan fingerprint density at radius 1 is 1.65 bits per heavy atom. The Hall–Kier alpha value is -1.70. The Balaban J connectivity index is 1.97. The molecule has 2 heterocycles. The van der Waals surface area contributed by atoms with Crippen LogP contribution in [-0.2, 0) is 4.79 Å². The normalized spacial score (nSPS) is 23.7. The van der Waals surface area contributed by atoms with Crippen molar-refractivity contribution in [3.05, 3.63) is 6.20 Å². The Morgan fingerprint density at radius 3 is 2.94 bits per heavy atom. The van der Waals surface area contributed by atoms with Crippen molar-refractivity contribution in [2.45, 2.75) is 13.3 Å². The van der Waals surface area contributed by atoms with Crippen molar-refractivity contribution in [1.29, 1.82) is 0 Å². The number of carbonyl (C=O) groups is 2. The molecular formula is C9H12N4O3S. The summed E-state index contributed by atoms with van der Waals surface area (Å²) in [5, 5.41) is 15.8. The highest BCUT2D eigenvalue weighted by atomic mass is 32.1. The minimum absolute atomic E-state index is 0.223. The van der Waals surface area contributed by atoms with Gasteiger partial charge in [-0.1, -0.05) is 4.49 Å². The maximum absolute atomic E-state index is 11.8. The second kappa shape index (κ2) is 4.28. The summed E-state index contributed by atoms with van der Waals surface area (Å²) < 4.78 is 3.62. The van der Waals surface area contributed by atoms with Crippen molar-refractivity contribution in [3.63, 3.8) is 0 Å². The lowest BCUT2D eigenvalue weighted by atomic mass is 9.90. The molecular weight excluding hydrogens is 244 g/mol. The van der Waals surface area contributed by atoms with Crippen molar-refractivity contribution in [2.24, 2.45) is 5.41 Å². The summed E-state index contributed by atoms with van der Waals surface area (Å²) in [5.74, 6) is -0.868. The fourth-order valence-electron chi connectivity index (χ4n) is 1.72. The molecule has 1 atom stereocenters. The molecule has 1 aliphatic heterocycles. The molecule has 92 valence electrons. The molecule has 2 amide bonds. The molecule has 0 bridgehead atoms. The second-order valence-corrected chi connectivity index (χ2v) is 5.03. The molecule has 2 N–H and O–H groups in total. The Labute approximate surface area is 102 Å². The summed E-state index contributed by atoms with van der Waals surface area (Å²) in [6.07, 6.45) is 1.92. The molecule has 0 aromatic carbocycles. The van der Waals surface area contributed by atoms with Gasteiger partial charge in [0.25, 0.3) is 0 Å². The van der Waals surface area contributed by atoms with Crippen LogP contribution in [0.2, 0.25) is 0 Å². The smallest absolute Gasteiger partial charge is 0.322 e. The van der Waals surface area contributed by atoms with Crippen LogP contribution in [0, 0.1) is 5.41 Å². The molecule has 8 heteroatoms. The zero-order valence-electron chi connectivity index (χ0n) is 9.21. The zero-order chi connectivity index (χ0) is 12.5. The molecule has 17 heavy (non-hydrogen) atoms. The number of hydrogen-bond donors (Lipinski definition) is 2. The number of carboxylic acids is 1. The van der Waals surface area contributed by atoms with E-state index in [2.05, 4.69) is 14.9 Å². The molecule has 1 unspecified atom stereocenters. The van der Waals surface area contributed by atoms with Crippen molar-refractivity contribution in [2.75, 3.05) is 18.4 Å². The van der Waals surface area contributed by atoms with Crippen molar-refractivity contribution in [1.82, 2.24) is 14.5 Å². The highest BCUT2D eigenvalue weighted by Crippen LogP contribution is 2.30. The first-order valence-electron chi connectivity index (χ1n) is 5.08. The molecule has 1 fully saturated rings. The summed E-state index contributed by atoms with van der Waals surface area (Å²) in [6, 6.07) is -0.305. The number of anilines is 1. The lowest BCUT2D eigenvalue weighted by Gasteiger charge is -2.19. The summed E-state index contributed by atoms with van der Waals surface area (Å²) >= 11 is 1.08. The summed E-state index contributed by atoms with van der Waals surface area (Å²) in [5.41, 5.74) is -0.844. The first-order chi connectivity index (χ1) is 8.01. The van der Waals surface area contributed by atoms with Crippen LogP contribution >= 0.6 is 11.5 Å². The van der Waals surface area contributed by atoms with Gasteiger partial charge >= 0.3 is 12.0 Å². The van der Waals surface area contributed by atoms with Crippen LogP contribution in [0.4, 0.5) is 9.80 Å². The van der Waals surface area contributed by atoms with Crippen LogP contribution in [0.25, 0.3) is 0 Å². The molecule has 1 saturated heterocycles. The summed E-state index contributed by atoms with van der Waals surface area (Å²) in [4.78, 5) is 24.3. The number of rotatable bonds is 2. The number of aliphatic carboxylic acids is 1. The van der Waals surface area contributed by atoms with E-state index >= 15 is 0 Å².